The Balaban J connectivity index is 3.17. The van der Waals surface area contributed by atoms with Gasteiger partial charge in [0.1, 0.15) is 5.69 Å². The molecular formula is C8H11N3O3S. The van der Waals surface area contributed by atoms with Crippen LogP contribution in [0.4, 0.5) is 5.95 Å². The number of nitrogens with two attached hydrogens (primary N) is 1. The van der Waals surface area contributed by atoms with Crippen LogP contribution in [0.2, 0.25) is 0 Å². The minimum Gasteiger partial charge on any atom is -0.368 e. The lowest BCUT2D eigenvalue weighted by Gasteiger charge is -2.05. The van der Waals surface area contributed by atoms with E-state index in [2.05, 4.69) is 9.97 Å². The summed E-state index contributed by atoms with van der Waals surface area (Å²) in [5, 5.41) is -1.80. The Morgan fingerprint density at radius 3 is 2.53 bits per heavy atom. The fourth-order valence-corrected chi connectivity index (χ4v) is 1.68. The third kappa shape index (κ3) is 2.30. The summed E-state index contributed by atoms with van der Waals surface area (Å²) in [5.41, 5.74) is 5.05. The van der Waals surface area contributed by atoms with Gasteiger partial charge in [-0.1, -0.05) is 0 Å². The summed E-state index contributed by atoms with van der Waals surface area (Å²) in [4.78, 5) is 18.7. The van der Waals surface area contributed by atoms with Crippen LogP contribution < -0.4 is 5.73 Å². The Morgan fingerprint density at radius 2 is 2.07 bits per heavy atom. The summed E-state index contributed by atoms with van der Waals surface area (Å²) in [6.07, 6.45) is 1.24. The molecule has 0 fully saturated rings. The number of nitrogen functional groups attached to an aromatic ring is 1. The smallest absolute Gasteiger partial charge is 0.295 e. The lowest BCUT2D eigenvalue weighted by Crippen LogP contribution is -2.25. The van der Waals surface area contributed by atoms with E-state index in [1.807, 2.05) is 0 Å². The molecule has 82 valence electrons. The second-order valence-corrected chi connectivity index (χ2v) is 5.58. The quantitative estimate of drug-likeness (QED) is 0.766. The van der Waals surface area contributed by atoms with E-state index in [1.54, 1.807) is 0 Å². The number of sulfone groups is 1. The van der Waals surface area contributed by atoms with Crippen molar-refractivity contribution in [3.63, 3.8) is 0 Å². The Labute approximate surface area is 87.5 Å². The van der Waals surface area contributed by atoms with Gasteiger partial charge in [-0.05, 0) is 19.9 Å². The molecule has 15 heavy (non-hydrogen) atoms. The van der Waals surface area contributed by atoms with Crippen LogP contribution in [0.5, 0.6) is 0 Å². The highest BCUT2D eigenvalue weighted by Crippen LogP contribution is 2.09. The summed E-state index contributed by atoms with van der Waals surface area (Å²) >= 11 is 0. The highest BCUT2D eigenvalue weighted by atomic mass is 32.2. The van der Waals surface area contributed by atoms with Crippen molar-refractivity contribution in [3.8, 4) is 0 Å². The van der Waals surface area contributed by atoms with E-state index in [9.17, 15) is 13.2 Å². The minimum atomic E-state index is -3.83. The number of rotatable bonds is 2. The Kier molecular flexibility index (Phi) is 3.04. The van der Waals surface area contributed by atoms with E-state index in [4.69, 9.17) is 5.73 Å². The van der Waals surface area contributed by atoms with Gasteiger partial charge < -0.3 is 5.73 Å². The van der Waals surface area contributed by atoms with Crippen molar-refractivity contribution in [1.29, 1.82) is 0 Å². The molecule has 7 heteroatoms. The molecule has 0 unspecified atom stereocenters. The Bertz CT molecular complexity index is 482. The van der Waals surface area contributed by atoms with E-state index in [-0.39, 0.29) is 11.6 Å². The van der Waals surface area contributed by atoms with Crippen molar-refractivity contribution >= 4 is 20.9 Å². The van der Waals surface area contributed by atoms with Gasteiger partial charge >= 0.3 is 0 Å². The Morgan fingerprint density at radius 1 is 1.47 bits per heavy atom. The molecule has 0 atom stereocenters. The van der Waals surface area contributed by atoms with Gasteiger partial charge in [0.25, 0.3) is 5.12 Å². The van der Waals surface area contributed by atoms with E-state index in [0.717, 1.165) is 0 Å². The normalized spacial score (nSPS) is 11.7. The van der Waals surface area contributed by atoms with Gasteiger partial charge in [0.2, 0.25) is 15.8 Å². The zero-order valence-electron chi connectivity index (χ0n) is 8.34. The maximum Gasteiger partial charge on any atom is 0.295 e. The second-order valence-electron chi connectivity index (χ2n) is 3.18. The molecule has 0 radical (unpaired) electrons. The topological polar surface area (TPSA) is 103 Å². The van der Waals surface area contributed by atoms with Crippen LogP contribution in [0.3, 0.4) is 0 Å². The summed E-state index contributed by atoms with van der Waals surface area (Å²) in [6, 6.07) is 1.22. The number of nitrogens with zero attached hydrogens (tertiary/aromatic N) is 2. The number of carbonyl (C=O) groups is 1. The van der Waals surface area contributed by atoms with E-state index >= 15 is 0 Å². The van der Waals surface area contributed by atoms with Gasteiger partial charge in [0.15, 0.2) is 0 Å². The predicted octanol–water partition coefficient (Wildman–Crippen LogP) is 0.0222. The standard InChI is InChI=1S/C8H11N3O3S/c1-5(2)15(13,14)7(12)6-3-4-10-8(9)11-6/h3-5H,1-2H3,(H2,9,10,11). The fraction of sp³-hybridized carbons (Fsp3) is 0.375. The first-order chi connectivity index (χ1) is 6.85. The second kappa shape index (κ2) is 3.93. The lowest BCUT2D eigenvalue weighted by atomic mass is 10.4. The van der Waals surface area contributed by atoms with E-state index in [0.29, 0.717) is 0 Å². The molecule has 0 aliphatic carbocycles. The zero-order chi connectivity index (χ0) is 11.6. The monoisotopic (exact) mass is 229 g/mol. The summed E-state index contributed by atoms with van der Waals surface area (Å²) in [7, 11) is -3.83. The molecule has 0 aliphatic heterocycles. The number of hydrogen-bond donors (Lipinski definition) is 1. The number of aromatic nitrogens is 2. The van der Waals surface area contributed by atoms with Gasteiger partial charge in [0, 0.05) is 6.20 Å². The molecule has 6 nitrogen and oxygen atoms in total. The van der Waals surface area contributed by atoms with Gasteiger partial charge in [-0.25, -0.2) is 18.4 Å². The fourth-order valence-electron chi connectivity index (χ4n) is 0.847. The molecule has 1 heterocycles. The maximum absolute atomic E-state index is 11.5. The average molecular weight is 229 g/mol. The van der Waals surface area contributed by atoms with Crippen molar-refractivity contribution in [3.05, 3.63) is 18.0 Å². The van der Waals surface area contributed by atoms with Crippen LogP contribution in [-0.4, -0.2) is 28.8 Å². The largest absolute Gasteiger partial charge is 0.368 e. The van der Waals surface area contributed by atoms with E-state index < -0.39 is 20.2 Å². The van der Waals surface area contributed by atoms with Crippen LogP contribution in [0.15, 0.2) is 12.3 Å². The first-order valence-electron chi connectivity index (χ1n) is 4.22. The molecule has 0 bridgehead atoms. The molecule has 0 aliphatic rings. The third-order valence-electron chi connectivity index (χ3n) is 1.76. The van der Waals surface area contributed by atoms with Crippen LogP contribution in [-0.2, 0) is 9.84 Å². The van der Waals surface area contributed by atoms with Crippen molar-refractivity contribution < 1.29 is 13.2 Å². The highest BCUT2D eigenvalue weighted by molar-refractivity contribution is 8.07. The molecule has 2 N–H and O–H groups in total. The molecule has 0 saturated heterocycles. The number of hydrogen-bond acceptors (Lipinski definition) is 6. The highest BCUT2D eigenvalue weighted by Gasteiger charge is 2.28. The van der Waals surface area contributed by atoms with Crippen LogP contribution in [0.1, 0.15) is 24.3 Å². The average Bonchev–Trinajstić information content (AvgIpc) is 2.16. The van der Waals surface area contributed by atoms with E-state index in [1.165, 1.54) is 26.1 Å². The third-order valence-corrected chi connectivity index (χ3v) is 3.73. The number of anilines is 1. The van der Waals surface area contributed by atoms with Crippen LogP contribution >= 0.6 is 0 Å². The maximum atomic E-state index is 11.5. The molecule has 0 amide bonds. The van der Waals surface area contributed by atoms with Crippen molar-refractivity contribution in [1.82, 2.24) is 9.97 Å². The van der Waals surface area contributed by atoms with Gasteiger partial charge in [-0.2, -0.15) is 0 Å². The zero-order valence-corrected chi connectivity index (χ0v) is 9.15. The van der Waals surface area contributed by atoms with Crippen molar-refractivity contribution in [2.24, 2.45) is 0 Å². The molecule has 1 aromatic heterocycles. The van der Waals surface area contributed by atoms with Crippen LogP contribution in [0.25, 0.3) is 0 Å². The number of carbonyl (C=O) groups excluding carboxylic acids is 1. The van der Waals surface area contributed by atoms with Gasteiger partial charge in [-0.15, -0.1) is 0 Å². The summed E-state index contributed by atoms with van der Waals surface area (Å²) in [5.74, 6) is -0.125. The van der Waals surface area contributed by atoms with Gasteiger partial charge in [0.05, 0.1) is 5.25 Å². The predicted molar refractivity (Wildman–Crippen MR) is 54.8 cm³/mol. The first-order valence-corrected chi connectivity index (χ1v) is 5.77. The molecular weight excluding hydrogens is 218 g/mol. The molecule has 1 aromatic rings. The molecule has 0 aromatic carbocycles. The van der Waals surface area contributed by atoms with Crippen molar-refractivity contribution in [2.75, 3.05) is 5.73 Å². The molecule has 1 rings (SSSR count). The minimum absolute atomic E-state index is 0.125. The lowest BCUT2D eigenvalue weighted by molar-refractivity contribution is 0.107. The van der Waals surface area contributed by atoms with Gasteiger partial charge in [-0.3, -0.25) is 4.79 Å². The molecule has 0 saturated carbocycles. The summed E-state index contributed by atoms with van der Waals surface area (Å²) < 4.78 is 23.0. The SMILES string of the molecule is CC(C)S(=O)(=O)C(=O)c1ccnc(N)n1. The van der Waals surface area contributed by atoms with Crippen molar-refractivity contribution in [2.45, 2.75) is 19.1 Å². The van der Waals surface area contributed by atoms with Crippen LogP contribution in [0, 0.1) is 0 Å². The Hall–Kier alpha value is -1.50. The molecule has 0 spiro atoms. The summed E-state index contributed by atoms with van der Waals surface area (Å²) in [6.45, 7) is 2.86. The first kappa shape index (κ1) is 11.6.